The zero-order valence-electron chi connectivity index (χ0n) is 15.2. The molecule has 0 radical (unpaired) electrons. The van der Waals surface area contributed by atoms with Gasteiger partial charge in [0.05, 0.1) is 24.1 Å². The van der Waals surface area contributed by atoms with E-state index in [9.17, 15) is 9.59 Å². The number of hydrogen-bond donors (Lipinski definition) is 0. The van der Waals surface area contributed by atoms with Crippen molar-refractivity contribution in [2.75, 3.05) is 28.2 Å². The van der Waals surface area contributed by atoms with Crippen LogP contribution in [0.15, 0.2) is 46.4 Å². The van der Waals surface area contributed by atoms with Crippen molar-refractivity contribution in [1.82, 2.24) is 9.80 Å². The number of hydrogen-bond acceptors (Lipinski definition) is 4. The van der Waals surface area contributed by atoms with Crippen molar-refractivity contribution in [2.24, 2.45) is 9.98 Å². The Labute approximate surface area is 152 Å². The van der Waals surface area contributed by atoms with Gasteiger partial charge in [0, 0.05) is 50.4 Å². The molecular weight excluding hydrogens is 328 g/mol. The Bertz CT molecular complexity index is 865. The van der Waals surface area contributed by atoms with Crippen LogP contribution in [0.2, 0.25) is 0 Å². The normalized spacial score (nSPS) is 13.2. The van der Waals surface area contributed by atoms with Gasteiger partial charge in [-0.3, -0.25) is 9.59 Å². The summed E-state index contributed by atoms with van der Waals surface area (Å²) in [6.45, 7) is 0. The number of carbonyl (C=O) groups is 2. The highest BCUT2D eigenvalue weighted by Gasteiger charge is 2.30. The van der Waals surface area contributed by atoms with Crippen LogP contribution in [0.4, 0.5) is 11.4 Å². The van der Waals surface area contributed by atoms with Crippen LogP contribution in [0.25, 0.3) is 0 Å². The molecule has 2 aromatic rings. The van der Waals surface area contributed by atoms with Gasteiger partial charge < -0.3 is 9.80 Å². The lowest BCUT2D eigenvalue weighted by Crippen LogP contribution is -2.20. The van der Waals surface area contributed by atoms with Gasteiger partial charge in [-0.1, -0.05) is 0 Å². The molecule has 0 N–H and O–H groups in total. The van der Waals surface area contributed by atoms with Crippen LogP contribution in [0.1, 0.15) is 31.8 Å². The molecule has 6 heteroatoms. The molecule has 0 bridgehead atoms. The van der Waals surface area contributed by atoms with Gasteiger partial charge in [-0.15, -0.1) is 0 Å². The molecule has 132 valence electrons. The van der Waals surface area contributed by atoms with Crippen molar-refractivity contribution >= 4 is 35.6 Å². The van der Waals surface area contributed by atoms with E-state index in [-0.39, 0.29) is 11.6 Å². The van der Waals surface area contributed by atoms with Crippen molar-refractivity contribution in [1.29, 1.82) is 0 Å². The molecule has 1 aliphatic rings. The molecule has 0 atom stereocenters. The Morgan fingerprint density at radius 2 is 1.04 bits per heavy atom. The molecule has 0 spiro atoms. The molecular formula is C20H20N4O2. The Hall–Kier alpha value is -3.28. The van der Waals surface area contributed by atoms with Crippen LogP contribution in [-0.2, 0) is 0 Å². The fourth-order valence-electron chi connectivity index (χ4n) is 2.65. The standard InChI is InChI=1S/C20H20N4O2/c1-23(2)11-21-13-5-7-15-17(9-13)19(25)16-8-6-14(22-12-24(3)4)10-18(16)20(15)26/h5-12H,1-4H3. The van der Waals surface area contributed by atoms with Gasteiger partial charge >= 0.3 is 0 Å². The topological polar surface area (TPSA) is 65.3 Å². The van der Waals surface area contributed by atoms with E-state index in [1.165, 1.54) is 0 Å². The number of ketones is 2. The number of nitrogens with zero attached hydrogens (tertiary/aromatic N) is 4. The SMILES string of the molecule is CN(C)C=Nc1ccc2c(c1)C(=O)c1ccc(N=CN(C)C)cc1C2=O. The summed E-state index contributed by atoms with van der Waals surface area (Å²) in [4.78, 5) is 37.9. The molecule has 2 aromatic carbocycles. The number of fused-ring (bicyclic) bond motifs is 2. The number of aliphatic imine (C=N–C) groups is 2. The van der Waals surface area contributed by atoms with Crippen LogP contribution >= 0.6 is 0 Å². The molecule has 0 heterocycles. The highest BCUT2D eigenvalue weighted by atomic mass is 16.1. The van der Waals surface area contributed by atoms with Crippen LogP contribution in [0.3, 0.4) is 0 Å². The first-order chi connectivity index (χ1) is 12.4. The van der Waals surface area contributed by atoms with Crippen molar-refractivity contribution in [3.05, 3.63) is 58.7 Å². The third kappa shape index (κ3) is 3.39. The maximum absolute atomic E-state index is 12.9. The molecule has 0 amide bonds. The number of benzene rings is 2. The summed E-state index contributed by atoms with van der Waals surface area (Å²) in [7, 11) is 7.46. The highest BCUT2D eigenvalue weighted by molar-refractivity contribution is 6.28. The smallest absolute Gasteiger partial charge is 0.194 e. The third-order valence-corrected chi connectivity index (χ3v) is 3.86. The summed E-state index contributed by atoms with van der Waals surface area (Å²) in [5.41, 5.74) is 2.85. The largest absolute Gasteiger partial charge is 0.369 e. The summed E-state index contributed by atoms with van der Waals surface area (Å²) < 4.78 is 0. The lowest BCUT2D eigenvalue weighted by molar-refractivity contribution is 0.0979. The first-order valence-electron chi connectivity index (χ1n) is 8.15. The second-order valence-corrected chi connectivity index (χ2v) is 6.53. The molecule has 0 fully saturated rings. The summed E-state index contributed by atoms with van der Waals surface area (Å²) in [5, 5.41) is 0. The number of rotatable bonds is 4. The van der Waals surface area contributed by atoms with Crippen molar-refractivity contribution in [2.45, 2.75) is 0 Å². The Balaban J connectivity index is 2.02. The Morgan fingerprint density at radius 1 is 0.654 bits per heavy atom. The van der Waals surface area contributed by atoms with Gasteiger partial charge in [-0.2, -0.15) is 0 Å². The molecule has 3 rings (SSSR count). The van der Waals surface area contributed by atoms with E-state index in [2.05, 4.69) is 9.98 Å². The van der Waals surface area contributed by atoms with Crippen LogP contribution in [0.5, 0.6) is 0 Å². The predicted octanol–water partition coefficient (Wildman–Crippen LogP) is 2.90. The lowest BCUT2D eigenvalue weighted by atomic mass is 9.83. The van der Waals surface area contributed by atoms with Crippen molar-refractivity contribution in [3.63, 3.8) is 0 Å². The molecule has 26 heavy (non-hydrogen) atoms. The van der Waals surface area contributed by atoms with E-state index < -0.39 is 0 Å². The predicted molar refractivity (Wildman–Crippen MR) is 103 cm³/mol. The Kier molecular flexibility index (Phi) is 4.67. The van der Waals surface area contributed by atoms with Gasteiger partial charge in [-0.05, 0) is 36.4 Å². The average Bonchev–Trinajstić information content (AvgIpc) is 2.62. The molecule has 0 aliphatic heterocycles. The molecule has 0 aromatic heterocycles. The zero-order chi connectivity index (χ0) is 18.8. The maximum Gasteiger partial charge on any atom is 0.194 e. The van der Waals surface area contributed by atoms with Gasteiger partial charge in [-0.25, -0.2) is 9.98 Å². The summed E-state index contributed by atoms with van der Waals surface area (Å²) in [6.07, 6.45) is 3.31. The van der Waals surface area contributed by atoms with E-state index in [4.69, 9.17) is 0 Å². The van der Waals surface area contributed by atoms with Gasteiger partial charge in [0.25, 0.3) is 0 Å². The quantitative estimate of drug-likeness (QED) is 0.537. The summed E-state index contributed by atoms with van der Waals surface area (Å²) in [5.74, 6) is -0.334. The van der Waals surface area contributed by atoms with Crippen molar-refractivity contribution < 1.29 is 9.59 Å². The minimum Gasteiger partial charge on any atom is -0.369 e. The second-order valence-electron chi connectivity index (χ2n) is 6.53. The molecule has 0 saturated heterocycles. The van der Waals surface area contributed by atoms with Gasteiger partial charge in [0.2, 0.25) is 0 Å². The molecule has 0 saturated carbocycles. The monoisotopic (exact) mass is 348 g/mol. The fourth-order valence-corrected chi connectivity index (χ4v) is 2.65. The van der Waals surface area contributed by atoms with E-state index in [1.807, 2.05) is 28.2 Å². The Morgan fingerprint density at radius 3 is 1.38 bits per heavy atom. The first-order valence-corrected chi connectivity index (χ1v) is 8.15. The maximum atomic E-state index is 12.9. The number of carbonyl (C=O) groups excluding carboxylic acids is 2. The third-order valence-electron chi connectivity index (χ3n) is 3.86. The van der Waals surface area contributed by atoms with Crippen molar-refractivity contribution in [3.8, 4) is 0 Å². The first kappa shape index (κ1) is 17.5. The average molecular weight is 348 g/mol. The van der Waals surface area contributed by atoms with Crippen LogP contribution < -0.4 is 0 Å². The fraction of sp³-hybridized carbons (Fsp3) is 0.200. The molecule has 1 aliphatic carbocycles. The summed E-state index contributed by atoms with van der Waals surface area (Å²) in [6, 6.07) is 10.1. The van der Waals surface area contributed by atoms with Crippen LogP contribution in [-0.4, -0.2) is 62.2 Å². The van der Waals surface area contributed by atoms with E-state index in [0.29, 0.717) is 33.6 Å². The minimum absolute atomic E-state index is 0.167. The highest BCUT2D eigenvalue weighted by Crippen LogP contribution is 2.32. The van der Waals surface area contributed by atoms with Gasteiger partial charge in [0.15, 0.2) is 11.6 Å². The minimum atomic E-state index is -0.167. The molecule has 0 unspecified atom stereocenters. The molecule has 6 nitrogen and oxygen atoms in total. The van der Waals surface area contributed by atoms with Gasteiger partial charge in [0.1, 0.15) is 0 Å². The van der Waals surface area contributed by atoms with E-state index >= 15 is 0 Å². The van der Waals surface area contributed by atoms with Crippen LogP contribution in [0, 0.1) is 0 Å². The zero-order valence-corrected chi connectivity index (χ0v) is 15.2. The second kappa shape index (κ2) is 6.92. The lowest BCUT2D eigenvalue weighted by Gasteiger charge is -2.18. The van der Waals surface area contributed by atoms with E-state index in [1.54, 1.807) is 58.9 Å². The van der Waals surface area contributed by atoms with E-state index in [0.717, 1.165) is 0 Å². The summed E-state index contributed by atoms with van der Waals surface area (Å²) >= 11 is 0.